The van der Waals surface area contributed by atoms with Gasteiger partial charge in [-0.25, -0.2) is 5.43 Å². The number of methoxy groups -OCH3 is 1. The van der Waals surface area contributed by atoms with E-state index < -0.39 is 10.8 Å². The van der Waals surface area contributed by atoms with E-state index in [1.165, 1.54) is 31.5 Å². The van der Waals surface area contributed by atoms with Crippen LogP contribution in [0.15, 0.2) is 46.0 Å². The summed E-state index contributed by atoms with van der Waals surface area (Å²) >= 11 is 3.34. The Balaban J connectivity index is 2.15. The first-order valence-electron chi connectivity index (χ1n) is 6.84. The third-order valence-corrected chi connectivity index (χ3v) is 3.72. The van der Waals surface area contributed by atoms with Gasteiger partial charge >= 0.3 is 0 Å². The highest BCUT2D eigenvalue weighted by Gasteiger charge is 2.14. The fraction of sp³-hybridized carbons (Fsp3) is 0.125. The molecule has 0 fully saturated rings. The lowest BCUT2D eigenvalue weighted by Crippen LogP contribution is -2.18. The van der Waals surface area contributed by atoms with Gasteiger partial charge in [0.25, 0.3) is 11.6 Å². The number of hydrazone groups is 1. The van der Waals surface area contributed by atoms with Gasteiger partial charge in [-0.2, -0.15) is 5.10 Å². The zero-order chi connectivity index (χ0) is 17.7. The molecule has 0 atom stereocenters. The molecule has 0 aromatic heterocycles. The molecule has 0 aliphatic heterocycles. The van der Waals surface area contributed by atoms with E-state index in [1.807, 2.05) is 6.07 Å². The van der Waals surface area contributed by atoms with Crippen LogP contribution in [0, 0.1) is 17.0 Å². The van der Waals surface area contributed by atoms with E-state index in [0.717, 1.165) is 4.47 Å². The molecule has 2 aromatic carbocycles. The summed E-state index contributed by atoms with van der Waals surface area (Å²) in [6.45, 7) is 1.61. The highest BCUT2D eigenvalue weighted by Crippen LogP contribution is 2.21. The van der Waals surface area contributed by atoms with E-state index >= 15 is 0 Å². The number of halogens is 1. The molecule has 0 saturated heterocycles. The molecule has 2 rings (SSSR count). The monoisotopic (exact) mass is 391 g/mol. The molecule has 7 nitrogen and oxygen atoms in total. The maximum absolute atomic E-state index is 12.1. The van der Waals surface area contributed by atoms with Gasteiger partial charge in [-0.1, -0.05) is 22.0 Å². The number of hydrogen-bond donors (Lipinski definition) is 1. The Bertz CT molecular complexity index is 821. The number of nitrogens with one attached hydrogen (secondary N) is 1. The Hall–Kier alpha value is -2.74. The topological polar surface area (TPSA) is 93.8 Å². The van der Waals surface area contributed by atoms with Gasteiger partial charge in [0.15, 0.2) is 0 Å². The van der Waals surface area contributed by atoms with Crippen LogP contribution in [0.5, 0.6) is 5.75 Å². The van der Waals surface area contributed by atoms with Crippen LogP contribution in [0.25, 0.3) is 0 Å². The molecule has 0 saturated carbocycles. The van der Waals surface area contributed by atoms with Gasteiger partial charge in [0, 0.05) is 27.2 Å². The van der Waals surface area contributed by atoms with E-state index in [2.05, 4.69) is 26.5 Å². The molecular formula is C16H14BrN3O4. The van der Waals surface area contributed by atoms with Crippen molar-refractivity contribution in [3.05, 3.63) is 67.7 Å². The van der Waals surface area contributed by atoms with Crippen molar-refractivity contribution in [1.29, 1.82) is 0 Å². The lowest BCUT2D eigenvalue weighted by Gasteiger charge is -2.05. The van der Waals surface area contributed by atoms with Crippen LogP contribution in [-0.4, -0.2) is 24.2 Å². The summed E-state index contributed by atoms with van der Waals surface area (Å²) in [5.41, 5.74) is 3.54. The summed E-state index contributed by atoms with van der Waals surface area (Å²) in [5, 5.41) is 14.8. The maximum atomic E-state index is 12.1. The molecule has 1 amide bonds. The zero-order valence-electron chi connectivity index (χ0n) is 12.9. The van der Waals surface area contributed by atoms with Crippen LogP contribution in [0.4, 0.5) is 5.69 Å². The second-order valence-electron chi connectivity index (χ2n) is 4.84. The summed E-state index contributed by atoms with van der Waals surface area (Å²) in [5.74, 6) is 0.0606. The number of hydrogen-bond acceptors (Lipinski definition) is 5. The second kappa shape index (κ2) is 7.69. The average molecular weight is 392 g/mol. The second-order valence-corrected chi connectivity index (χ2v) is 5.76. The van der Waals surface area contributed by atoms with E-state index in [1.54, 1.807) is 19.1 Å². The van der Waals surface area contributed by atoms with E-state index in [0.29, 0.717) is 16.9 Å². The number of carbonyl (C=O) groups is 1. The summed E-state index contributed by atoms with van der Waals surface area (Å²) in [4.78, 5) is 22.5. The molecule has 1 N–H and O–H groups in total. The molecule has 0 aliphatic carbocycles. The number of rotatable bonds is 5. The molecule has 124 valence electrons. The van der Waals surface area contributed by atoms with E-state index in [4.69, 9.17) is 4.74 Å². The van der Waals surface area contributed by atoms with Crippen molar-refractivity contribution in [3.63, 3.8) is 0 Å². The average Bonchev–Trinajstić information content (AvgIpc) is 2.55. The zero-order valence-corrected chi connectivity index (χ0v) is 14.5. The largest absolute Gasteiger partial charge is 0.496 e. The Morgan fingerprint density at radius 2 is 2.08 bits per heavy atom. The summed E-state index contributed by atoms with van der Waals surface area (Å²) in [6, 6.07) is 9.61. The fourth-order valence-electron chi connectivity index (χ4n) is 1.98. The highest BCUT2D eigenvalue weighted by molar-refractivity contribution is 9.10. The number of nitrogens with zero attached hydrogens (tertiary/aromatic N) is 2. The van der Waals surface area contributed by atoms with Crippen molar-refractivity contribution in [1.82, 2.24) is 5.43 Å². The normalized spacial score (nSPS) is 10.6. The molecular weight excluding hydrogens is 378 g/mol. The summed E-state index contributed by atoms with van der Waals surface area (Å²) in [6.07, 6.45) is 1.43. The van der Waals surface area contributed by atoms with Crippen molar-refractivity contribution < 1.29 is 14.5 Å². The van der Waals surface area contributed by atoms with Gasteiger partial charge in [-0.05, 0) is 31.2 Å². The molecule has 0 unspecified atom stereocenters. The predicted octanol–water partition coefficient (Wildman–Crippen LogP) is 3.44. The van der Waals surface area contributed by atoms with Gasteiger partial charge in [-0.3, -0.25) is 14.9 Å². The lowest BCUT2D eigenvalue weighted by atomic mass is 10.1. The predicted molar refractivity (Wildman–Crippen MR) is 93.6 cm³/mol. The standard InChI is InChI=1S/C16H14BrN3O4/c1-10-3-4-11(8-14(10)20(22)23)16(21)19-18-9-12-7-13(17)5-6-15(12)24-2/h3-9H,1-2H3,(H,19,21). The van der Waals surface area contributed by atoms with E-state index in [9.17, 15) is 14.9 Å². The minimum atomic E-state index is -0.539. The number of carbonyl (C=O) groups excluding carboxylic acids is 1. The minimum absolute atomic E-state index is 0.111. The van der Waals surface area contributed by atoms with Crippen LogP contribution < -0.4 is 10.2 Å². The Kier molecular flexibility index (Phi) is 5.64. The molecule has 0 aliphatic rings. The number of amides is 1. The van der Waals surface area contributed by atoms with Gasteiger partial charge in [0.05, 0.1) is 18.2 Å². The Morgan fingerprint density at radius 3 is 2.75 bits per heavy atom. The Labute approximate surface area is 146 Å². The first-order chi connectivity index (χ1) is 11.4. The van der Waals surface area contributed by atoms with Crippen molar-refractivity contribution in [2.24, 2.45) is 5.10 Å². The first kappa shape index (κ1) is 17.6. The number of nitro benzene ring substituents is 1. The van der Waals surface area contributed by atoms with Crippen LogP contribution in [0.2, 0.25) is 0 Å². The summed E-state index contributed by atoms with van der Waals surface area (Å²) < 4.78 is 6.04. The van der Waals surface area contributed by atoms with Crippen LogP contribution in [-0.2, 0) is 0 Å². The molecule has 8 heteroatoms. The lowest BCUT2D eigenvalue weighted by molar-refractivity contribution is -0.385. The number of benzene rings is 2. The molecule has 2 aromatic rings. The minimum Gasteiger partial charge on any atom is -0.496 e. The van der Waals surface area contributed by atoms with Crippen molar-refractivity contribution in [2.75, 3.05) is 7.11 Å². The molecule has 0 heterocycles. The highest BCUT2D eigenvalue weighted by atomic mass is 79.9. The van der Waals surface area contributed by atoms with Gasteiger partial charge < -0.3 is 4.74 Å². The van der Waals surface area contributed by atoms with Crippen molar-refractivity contribution in [3.8, 4) is 5.75 Å². The SMILES string of the molecule is COc1ccc(Br)cc1C=NNC(=O)c1ccc(C)c([N+](=O)[O-])c1. The fourth-order valence-corrected chi connectivity index (χ4v) is 2.36. The van der Waals surface area contributed by atoms with Gasteiger partial charge in [-0.15, -0.1) is 0 Å². The first-order valence-corrected chi connectivity index (χ1v) is 7.63. The third-order valence-electron chi connectivity index (χ3n) is 3.23. The van der Waals surface area contributed by atoms with Gasteiger partial charge in [0.1, 0.15) is 5.75 Å². The molecule has 0 radical (unpaired) electrons. The molecule has 0 spiro atoms. The summed E-state index contributed by atoms with van der Waals surface area (Å²) in [7, 11) is 1.53. The van der Waals surface area contributed by atoms with Gasteiger partial charge in [0.2, 0.25) is 0 Å². The van der Waals surface area contributed by atoms with Crippen molar-refractivity contribution in [2.45, 2.75) is 6.92 Å². The number of aryl methyl sites for hydroxylation is 1. The maximum Gasteiger partial charge on any atom is 0.273 e. The van der Waals surface area contributed by atoms with Crippen molar-refractivity contribution >= 4 is 33.7 Å². The molecule has 0 bridgehead atoms. The molecule has 24 heavy (non-hydrogen) atoms. The van der Waals surface area contributed by atoms with Crippen LogP contribution in [0.3, 0.4) is 0 Å². The number of nitro groups is 1. The quantitative estimate of drug-likeness (QED) is 0.479. The Morgan fingerprint density at radius 1 is 1.33 bits per heavy atom. The van der Waals surface area contributed by atoms with E-state index in [-0.39, 0.29) is 11.3 Å². The third kappa shape index (κ3) is 4.17. The van der Waals surface area contributed by atoms with Crippen LogP contribution >= 0.6 is 15.9 Å². The smallest absolute Gasteiger partial charge is 0.273 e. The number of ether oxygens (including phenoxy) is 1. The van der Waals surface area contributed by atoms with Crippen LogP contribution in [0.1, 0.15) is 21.5 Å².